The predicted octanol–water partition coefficient (Wildman–Crippen LogP) is 3.47. The molecule has 0 radical (unpaired) electrons. The molecule has 1 aliphatic rings. The van der Waals surface area contributed by atoms with Gasteiger partial charge in [0.1, 0.15) is 17.1 Å². The van der Waals surface area contributed by atoms with E-state index in [1.54, 1.807) is 18.2 Å². The lowest BCUT2D eigenvalue weighted by Crippen LogP contribution is -1.98. The highest BCUT2D eigenvalue weighted by Crippen LogP contribution is 2.42. The normalized spacial score (nSPS) is 14.7. The summed E-state index contributed by atoms with van der Waals surface area (Å²) in [6, 6.07) is 10.3. The Morgan fingerprint density at radius 3 is 2.76 bits per heavy atom. The Kier molecular flexibility index (Phi) is 2.45. The van der Waals surface area contributed by atoms with E-state index in [0.29, 0.717) is 23.1 Å². The van der Waals surface area contributed by atoms with E-state index in [0.717, 1.165) is 23.9 Å². The number of phenols is 1. The van der Waals surface area contributed by atoms with Crippen molar-refractivity contribution < 1.29 is 9.50 Å². The quantitative estimate of drug-likeness (QED) is 0.559. The molecule has 0 aliphatic heterocycles. The summed E-state index contributed by atoms with van der Waals surface area (Å²) in [7, 11) is 0. The van der Waals surface area contributed by atoms with Crippen LogP contribution in [-0.4, -0.2) is 14.7 Å². The van der Waals surface area contributed by atoms with Crippen molar-refractivity contribution in [3.8, 4) is 17.1 Å². The largest absolute Gasteiger partial charge is 0.506 e. The highest BCUT2D eigenvalue weighted by atomic mass is 19.1. The van der Waals surface area contributed by atoms with Gasteiger partial charge in [0.05, 0.1) is 11.2 Å². The Morgan fingerprint density at radius 2 is 2.05 bits per heavy atom. The molecule has 0 atom stereocenters. The highest BCUT2D eigenvalue weighted by molar-refractivity contribution is 5.82. The van der Waals surface area contributed by atoms with E-state index in [2.05, 4.69) is 9.55 Å². The fourth-order valence-electron chi connectivity index (χ4n) is 2.68. The zero-order valence-electron chi connectivity index (χ0n) is 11.3. The number of phenolic OH excluding ortho intramolecular Hbond substituents is 1. The molecule has 0 amide bonds. The number of aromatic nitrogens is 2. The second-order valence-corrected chi connectivity index (χ2v) is 5.42. The first-order valence-electron chi connectivity index (χ1n) is 6.90. The lowest BCUT2D eigenvalue weighted by atomic mass is 10.1. The number of nitrogens with zero attached hydrogens (tertiary/aromatic N) is 2. The Bertz CT molecular complexity index is 852. The molecular formula is C16H14FN3O. The SMILES string of the molecule is Nc1cc(-c2nc3c(F)cccc3n2C2CC2)ccc1O. The number of nitrogens with two attached hydrogens (primary N) is 1. The molecule has 0 unspecified atom stereocenters. The summed E-state index contributed by atoms with van der Waals surface area (Å²) in [4.78, 5) is 4.47. The van der Waals surface area contributed by atoms with Crippen LogP contribution < -0.4 is 5.73 Å². The molecule has 0 bridgehead atoms. The molecule has 0 saturated heterocycles. The lowest BCUT2D eigenvalue weighted by Gasteiger charge is -2.08. The van der Waals surface area contributed by atoms with Crippen LogP contribution in [0.4, 0.5) is 10.1 Å². The van der Waals surface area contributed by atoms with Gasteiger partial charge in [-0.3, -0.25) is 0 Å². The Morgan fingerprint density at radius 1 is 1.24 bits per heavy atom. The zero-order valence-corrected chi connectivity index (χ0v) is 11.3. The van der Waals surface area contributed by atoms with E-state index in [4.69, 9.17) is 5.73 Å². The Labute approximate surface area is 120 Å². The van der Waals surface area contributed by atoms with Crippen molar-refractivity contribution in [1.29, 1.82) is 0 Å². The molecule has 1 aliphatic carbocycles. The molecule has 1 fully saturated rings. The predicted molar refractivity (Wildman–Crippen MR) is 79.5 cm³/mol. The maximum atomic E-state index is 14.0. The fourth-order valence-corrected chi connectivity index (χ4v) is 2.68. The minimum Gasteiger partial charge on any atom is -0.506 e. The van der Waals surface area contributed by atoms with E-state index < -0.39 is 0 Å². The van der Waals surface area contributed by atoms with Crippen molar-refractivity contribution >= 4 is 16.7 Å². The molecule has 5 heteroatoms. The van der Waals surface area contributed by atoms with Gasteiger partial charge in [-0.2, -0.15) is 0 Å². The Balaban J connectivity index is 2.01. The third-order valence-electron chi connectivity index (χ3n) is 3.87. The van der Waals surface area contributed by atoms with Gasteiger partial charge in [-0.05, 0) is 43.2 Å². The van der Waals surface area contributed by atoms with Gasteiger partial charge in [-0.15, -0.1) is 0 Å². The molecule has 3 aromatic rings. The zero-order chi connectivity index (χ0) is 14.6. The molecule has 4 nitrogen and oxygen atoms in total. The van der Waals surface area contributed by atoms with Gasteiger partial charge in [-0.1, -0.05) is 6.07 Å². The first kappa shape index (κ1) is 12.2. The summed E-state index contributed by atoms with van der Waals surface area (Å²) in [5.74, 6) is 0.420. The molecule has 3 N–H and O–H groups in total. The average Bonchev–Trinajstić information content (AvgIpc) is 3.22. The van der Waals surface area contributed by atoms with Crippen molar-refractivity contribution in [2.24, 2.45) is 0 Å². The molecular weight excluding hydrogens is 269 g/mol. The smallest absolute Gasteiger partial charge is 0.151 e. The van der Waals surface area contributed by atoms with Gasteiger partial charge in [0, 0.05) is 11.6 Å². The van der Waals surface area contributed by atoms with Gasteiger partial charge >= 0.3 is 0 Å². The molecule has 1 heterocycles. The van der Waals surface area contributed by atoms with Crippen LogP contribution >= 0.6 is 0 Å². The number of hydrogen-bond donors (Lipinski definition) is 2. The number of anilines is 1. The number of rotatable bonds is 2. The van der Waals surface area contributed by atoms with Crippen LogP contribution in [0.3, 0.4) is 0 Å². The van der Waals surface area contributed by atoms with Gasteiger partial charge in [-0.25, -0.2) is 9.37 Å². The van der Waals surface area contributed by atoms with Gasteiger partial charge in [0.15, 0.2) is 5.82 Å². The number of imidazole rings is 1. The summed E-state index contributed by atoms with van der Waals surface area (Å²) in [6.07, 6.45) is 2.14. The second kappa shape index (κ2) is 4.22. The molecule has 4 rings (SSSR count). The third-order valence-corrected chi connectivity index (χ3v) is 3.87. The lowest BCUT2D eigenvalue weighted by molar-refractivity contribution is 0.478. The van der Waals surface area contributed by atoms with E-state index in [1.807, 2.05) is 6.07 Å². The van der Waals surface area contributed by atoms with Crippen LogP contribution in [0.1, 0.15) is 18.9 Å². The Hall–Kier alpha value is -2.56. The van der Waals surface area contributed by atoms with E-state index in [9.17, 15) is 9.50 Å². The molecule has 1 aromatic heterocycles. The van der Waals surface area contributed by atoms with E-state index in [1.165, 1.54) is 12.1 Å². The first-order chi connectivity index (χ1) is 10.1. The van der Waals surface area contributed by atoms with Crippen LogP contribution in [0.25, 0.3) is 22.4 Å². The molecule has 2 aromatic carbocycles. The number of fused-ring (bicyclic) bond motifs is 1. The van der Waals surface area contributed by atoms with Crippen molar-refractivity contribution in [2.75, 3.05) is 5.73 Å². The maximum Gasteiger partial charge on any atom is 0.151 e. The van der Waals surface area contributed by atoms with Gasteiger partial charge in [0.25, 0.3) is 0 Å². The van der Waals surface area contributed by atoms with E-state index >= 15 is 0 Å². The maximum absolute atomic E-state index is 14.0. The minimum atomic E-state index is -0.320. The minimum absolute atomic E-state index is 0.0408. The third kappa shape index (κ3) is 1.85. The summed E-state index contributed by atoms with van der Waals surface area (Å²) in [5.41, 5.74) is 8.03. The summed E-state index contributed by atoms with van der Waals surface area (Å²) in [5, 5.41) is 9.55. The highest BCUT2D eigenvalue weighted by Gasteiger charge is 2.29. The second-order valence-electron chi connectivity index (χ2n) is 5.42. The van der Waals surface area contributed by atoms with Crippen molar-refractivity contribution in [2.45, 2.75) is 18.9 Å². The summed E-state index contributed by atoms with van der Waals surface area (Å²) >= 11 is 0. The number of benzene rings is 2. The summed E-state index contributed by atoms with van der Waals surface area (Å²) in [6.45, 7) is 0. The molecule has 21 heavy (non-hydrogen) atoms. The van der Waals surface area contributed by atoms with Crippen molar-refractivity contribution in [1.82, 2.24) is 9.55 Å². The topological polar surface area (TPSA) is 64.1 Å². The number of hydrogen-bond acceptors (Lipinski definition) is 3. The van der Waals surface area contributed by atoms with Gasteiger partial charge in [0.2, 0.25) is 0 Å². The number of aromatic hydroxyl groups is 1. The van der Waals surface area contributed by atoms with Crippen LogP contribution in [0, 0.1) is 5.82 Å². The van der Waals surface area contributed by atoms with Crippen molar-refractivity contribution in [3.63, 3.8) is 0 Å². The van der Waals surface area contributed by atoms with Crippen LogP contribution in [-0.2, 0) is 0 Å². The molecule has 106 valence electrons. The molecule has 1 saturated carbocycles. The fraction of sp³-hybridized carbons (Fsp3) is 0.188. The molecule has 0 spiro atoms. The number of halogens is 1. The average molecular weight is 283 g/mol. The number of nitrogen functional groups attached to an aromatic ring is 1. The standard InChI is InChI=1S/C16H14FN3O/c17-11-2-1-3-13-15(11)19-16(20(13)10-5-6-10)9-4-7-14(21)12(18)8-9/h1-4,7-8,10,21H,5-6,18H2. The monoisotopic (exact) mass is 283 g/mol. The van der Waals surface area contributed by atoms with Crippen molar-refractivity contribution in [3.05, 3.63) is 42.2 Å². The van der Waals surface area contributed by atoms with Crippen LogP contribution in [0.2, 0.25) is 0 Å². The number of para-hydroxylation sites is 1. The summed E-state index contributed by atoms with van der Waals surface area (Å²) < 4.78 is 16.1. The van der Waals surface area contributed by atoms with Crippen LogP contribution in [0.15, 0.2) is 36.4 Å². The van der Waals surface area contributed by atoms with Crippen LogP contribution in [0.5, 0.6) is 5.75 Å². The first-order valence-corrected chi connectivity index (χ1v) is 6.90. The van der Waals surface area contributed by atoms with Gasteiger partial charge < -0.3 is 15.4 Å². The van der Waals surface area contributed by atoms with E-state index in [-0.39, 0.29) is 11.6 Å².